The van der Waals surface area contributed by atoms with Crippen LogP contribution in [-0.4, -0.2) is 27.5 Å². The highest BCUT2D eigenvalue weighted by atomic mass is 16.9. The molecule has 1 atom stereocenters. The first-order valence-electron chi connectivity index (χ1n) is 17.3. The van der Waals surface area contributed by atoms with E-state index in [4.69, 9.17) is 14.2 Å². The van der Waals surface area contributed by atoms with Crippen LogP contribution < -0.4 is 0 Å². The molecule has 6 nitrogen and oxygen atoms in total. The Balaban J connectivity index is 1.12. The van der Waals surface area contributed by atoms with Crippen LogP contribution in [0.25, 0.3) is 62.3 Å². The van der Waals surface area contributed by atoms with Gasteiger partial charge in [-0.05, 0) is 86.5 Å². The molecule has 8 rings (SSSR count). The van der Waals surface area contributed by atoms with Crippen molar-refractivity contribution in [1.82, 2.24) is 9.13 Å². The molecular formula is C45H38N2O4. The van der Waals surface area contributed by atoms with Crippen molar-refractivity contribution in [3.63, 3.8) is 0 Å². The molecule has 3 heterocycles. The molecule has 0 spiro atoms. The lowest BCUT2D eigenvalue weighted by Gasteiger charge is -2.35. The highest BCUT2D eigenvalue weighted by Gasteiger charge is 2.41. The fourth-order valence-corrected chi connectivity index (χ4v) is 7.19. The summed E-state index contributed by atoms with van der Waals surface area (Å²) in [6.07, 6.45) is 7.72. The van der Waals surface area contributed by atoms with E-state index >= 15 is 0 Å². The Morgan fingerprint density at radius 1 is 0.647 bits per heavy atom. The van der Waals surface area contributed by atoms with Crippen molar-refractivity contribution in [3.8, 4) is 11.4 Å². The molecule has 0 radical (unpaired) electrons. The predicted octanol–water partition coefficient (Wildman–Crippen LogP) is 10.8. The van der Waals surface area contributed by atoms with Crippen molar-refractivity contribution in [2.45, 2.75) is 33.7 Å². The first-order chi connectivity index (χ1) is 24.9. The fourth-order valence-electron chi connectivity index (χ4n) is 7.19. The number of benzene rings is 5. The highest BCUT2D eigenvalue weighted by molar-refractivity contribution is 6.11. The Hall–Kier alpha value is -6.11. The van der Waals surface area contributed by atoms with Gasteiger partial charge in [-0.15, -0.1) is 0 Å². The third kappa shape index (κ3) is 5.73. The molecule has 1 fully saturated rings. The number of carbonyl (C=O) groups excluding carboxylic acids is 1. The van der Waals surface area contributed by atoms with Crippen LogP contribution in [0.4, 0.5) is 0 Å². The topological polar surface area (TPSA) is 54.6 Å². The number of nitrogens with zero attached hydrogens (tertiary/aromatic N) is 2. The minimum Gasteiger partial charge on any atom is -0.426 e. The minimum absolute atomic E-state index is 0.149. The minimum atomic E-state index is -1.46. The molecule has 1 aliphatic heterocycles. The first kappa shape index (κ1) is 32.1. The number of rotatable bonds is 7. The van der Waals surface area contributed by atoms with Crippen molar-refractivity contribution in [3.05, 3.63) is 161 Å². The monoisotopic (exact) mass is 670 g/mol. The fraction of sp³-hybridized carbons (Fsp3) is 0.133. The predicted molar refractivity (Wildman–Crippen MR) is 207 cm³/mol. The Kier molecular flexibility index (Phi) is 8.17. The molecule has 0 aliphatic carbocycles. The van der Waals surface area contributed by atoms with Crippen molar-refractivity contribution in [2.75, 3.05) is 6.61 Å². The molecule has 0 N–H and O–H groups in total. The van der Waals surface area contributed by atoms with Crippen LogP contribution in [0.2, 0.25) is 0 Å². The van der Waals surface area contributed by atoms with Crippen LogP contribution in [0.15, 0.2) is 139 Å². The van der Waals surface area contributed by atoms with Gasteiger partial charge in [-0.1, -0.05) is 91.0 Å². The largest absolute Gasteiger partial charge is 0.426 e. The quantitative estimate of drug-likeness (QED) is 0.158. The van der Waals surface area contributed by atoms with Crippen LogP contribution in [0.1, 0.15) is 43.2 Å². The van der Waals surface area contributed by atoms with Gasteiger partial charge in [0.05, 0.1) is 23.2 Å². The van der Waals surface area contributed by atoms with Gasteiger partial charge in [0.1, 0.15) is 0 Å². The number of ketones is 1. The molecule has 5 aromatic carbocycles. The smallest absolute Gasteiger partial charge is 0.368 e. The zero-order chi connectivity index (χ0) is 35.1. The van der Waals surface area contributed by atoms with E-state index in [-0.39, 0.29) is 17.3 Å². The lowest BCUT2D eigenvalue weighted by Crippen LogP contribution is -2.42. The van der Waals surface area contributed by atoms with Crippen molar-refractivity contribution < 1.29 is 19.0 Å². The van der Waals surface area contributed by atoms with Crippen LogP contribution in [-0.2, 0) is 19.0 Å². The molecule has 0 amide bonds. The SMILES string of the molecule is CC=Cc1c(C)n(-c2ccc(C=C3OC(C)(OCC)OC(=Cc4ccc(-n5c6ccccc6c6ccccc65)cc4)C3=O)cc2)c2ccccc12. The maximum Gasteiger partial charge on any atom is 0.368 e. The summed E-state index contributed by atoms with van der Waals surface area (Å²) in [7, 11) is 0. The third-order valence-corrected chi connectivity index (χ3v) is 9.42. The van der Waals surface area contributed by atoms with Gasteiger partial charge in [0.15, 0.2) is 11.5 Å². The summed E-state index contributed by atoms with van der Waals surface area (Å²) in [6, 6.07) is 41.5. The number of carbonyl (C=O) groups is 1. The molecule has 7 aromatic rings. The molecule has 0 saturated carbocycles. The summed E-state index contributed by atoms with van der Waals surface area (Å²) in [5.41, 5.74) is 9.48. The van der Waals surface area contributed by atoms with Gasteiger partial charge in [-0.25, -0.2) is 0 Å². The first-order valence-corrected chi connectivity index (χ1v) is 17.3. The van der Waals surface area contributed by atoms with Crippen LogP contribution >= 0.6 is 0 Å². The molecule has 51 heavy (non-hydrogen) atoms. The highest BCUT2D eigenvalue weighted by Crippen LogP contribution is 2.35. The van der Waals surface area contributed by atoms with E-state index in [0.717, 1.165) is 44.7 Å². The summed E-state index contributed by atoms with van der Waals surface area (Å²) in [5, 5.41) is 3.62. The van der Waals surface area contributed by atoms with Crippen LogP contribution in [0, 0.1) is 6.92 Å². The average Bonchev–Trinajstić information content (AvgIpc) is 3.63. The summed E-state index contributed by atoms with van der Waals surface area (Å²) in [4.78, 5) is 13.9. The van der Waals surface area contributed by atoms with E-state index in [1.165, 1.54) is 21.7 Å². The normalized spacial score (nSPS) is 18.0. The molecule has 0 bridgehead atoms. The van der Waals surface area contributed by atoms with Crippen LogP contribution in [0.3, 0.4) is 0 Å². The average molecular weight is 671 g/mol. The Labute approximate surface area is 297 Å². The van der Waals surface area contributed by atoms with E-state index in [0.29, 0.717) is 6.61 Å². The molecule has 1 unspecified atom stereocenters. The number of fused-ring (bicyclic) bond motifs is 4. The Bertz CT molecular complexity index is 2480. The molecule has 252 valence electrons. The number of allylic oxidation sites excluding steroid dienone is 1. The standard InChI is InChI=1S/C45H38N2O4/c1-5-13-35-30(3)46(39-17-10-7-14-36(35)39)33-24-20-31(21-25-33)28-42-44(48)43(51-45(4,50-42)49-6-2)29-32-22-26-34(27-23-32)47-40-18-11-8-15-37(40)38-16-9-12-19-41(38)47/h5,7-29H,6H2,1-4H3. The van der Waals surface area contributed by atoms with Crippen molar-refractivity contribution in [1.29, 1.82) is 0 Å². The third-order valence-electron chi connectivity index (χ3n) is 9.42. The summed E-state index contributed by atoms with van der Waals surface area (Å²) < 4.78 is 22.6. The number of hydrogen-bond donors (Lipinski definition) is 0. The maximum atomic E-state index is 13.9. The van der Waals surface area contributed by atoms with Gasteiger partial charge >= 0.3 is 5.97 Å². The van der Waals surface area contributed by atoms with Gasteiger partial charge in [-0.2, -0.15) is 0 Å². The van der Waals surface area contributed by atoms with E-state index in [1.54, 1.807) is 19.1 Å². The summed E-state index contributed by atoms with van der Waals surface area (Å²) >= 11 is 0. The second-order valence-corrected chi connectivity index (χ2v) is 12.8. The van der Waals surface area contributed by atoms with Gasteiger partial charge in [0.2, 0.25) is 0 Å². The van der Waals surface area contributed by atoms with E-state index in [2.05, 4.69) is 125 Å². The lowest BCUT2D eigenvalue weighted by molar-refractivity contribution is -0.343. The van der Waals surface area contributed by atoms with Crippen molar-refractivity contribution in [2.24, 2.45) is 0 Å². The Morgan fingerprint density at radius 2 is 1.10 bits per heavy atom. The molecule has 1 saturated heterocycles. The summed E-state index contributed by atoms with van der Waals surface area (Å²) in [5.74, 6) is -1.52. The Morgan fingerprint density at radius 3 is 1.59 bits per heavy atom. The molecule has 6 heteroatoms. The molecular weight excluding hydrogens is 633 g/mol. The zero-order valence-electron chi connectivity index (χ0n) is 29.1. The van der Waals surface area contributed by atoms with E-state index in [9.17, 15) is 4.79 Å². The van der Waals surface area contributed by atoms with E-state index in [1.807, 2.05) is 38.1 Å². The molecule has 2 aromatic heterocycles. The molecule has 1 aliphatic rings. The second-order valence-electron chi connectivity index (χ2n) is 12.8. The zero-order valence-corrected chi connectivity index (χ0v) is 29.1. The van der Waals surface area contributed by atoms with Crippen LogP contribution in [0.5, 0.6) is 0 Å². The van der Waals surface area contributed by atoms with Gasteiger partial charge < -0.3 is 23.3 Å². The number of ether oxygens (including phenoxy) is 3. The van der Waals surface area contributed by atoms with Gasteiger partial charge in [-0.3, -0.25) is 4.79 Å². The number of para-hydroxylation sites is 3. The van der Waals surface area contributed by atoms with Crippen molar-refractivity contribution >= 4 is 56.7 Å². The second kappa shape index (κ2) is 13.0. The number of hydrogen-bond acceptors (Lipinski definition) is 4. The summed E-state index contributed by atoms with van der Waals surface area (Å²) in [6.45, 7) is 8.06. The lowest BCUT2D eigenvalue weighted by atomic mass is 10.1. The number of aromatic nitrogens is 2. The van der Waals surface area contributed by atoms with E-state index < -0.39 is 5.97 Å². The van der Waals surface area contributed by atoms with Gasteiger partial charge in [0.25, 0.3) is 5.78 Å². The maximum absolute atomic E-state index is 13.9. The van der Waals surface area contributed by atoms with Gasteiger partial charge in [0, 0.05) is 45.7 Å². The number of Topliss-reactive ketones (excluding diaryl/α,β-unsaturated/α-hetero) is 1.